The van der Waals surface area contributed by atoms with E-state index in [1.165, 1.54) is 10.5 Å². The molecule has 194 valence electrons. The van der Waals surface area contributed by atoms with Crippen LogP contribution >= 0.6 is 0 Å². The lowest BCUT2D eigenvalue weighted by atomic mass is 9.80. The number of carbonyl (C=O) groups is 3. The Morgan fingerprint density at radius 3 is 2.49 bits per heavy atom. The number of amides is 3. The minimum atomic E-state index is -0.923. The van der Waals surface area contributed by atoms with Crippen molar-refractivity contribution in [1.82, 2.24) is 19.4 Å². The van der Waals surface area contributed by atoms with Crippen LogP contribution in [0.5, 0.6) is 0 Å². The maximum atomic E-state index is 13.7. The van der Waals surface area contributed by atoms with Crippen LogP contribution in [0.15, 0.2) is 48.9 Å². The molecule has 0 unspecified atom stereocenters. The zero-order chi connectivity index (χ0) is 26.9. The predicted octanol–water partition coefficient (Wildman–Crippen LogP) is 3.16. The van der Waals surface area contributed by atoms with Gasteiger partial charge in [0.05, 0.1) is 5.92 Å². The van der Waals surface area contributed by atoms with Crippen LogP contribution in [0.25, 0.3) is 0 Å². The summed E-state index contributed by atoms with van der Waals surface area (Å²) in [6.07, 6.45) is 6.08. The van der Waals surface area contributed by atoms with E-state index in [0.29, 0.717) is 11.8 Å². The number of carbonyl (C=O) groups excluding carboxylic acids is 3. The van der Waals surface area contributed by atoms with Crippen molar-refractivity contribution in [2.24, 2.45) is 13.0 Å². The topological polar surface area (TPSA) is 114 Å². The van der Waals surface area contributed by atoms with Gasteiger partial charge in [0, 0.05) is 39.1 Å². The van der Waals surface area contributed by atoms with Crippen molar-refractivity contribution in [3.8, 4) is 0 Å². The van der Waals surface area contributed by atoms with Crippen LogP contribution in [-0.2, 0) is 27.9 Å². The molecule has 9 nitrogen and oxygen atoms in total. The summed E-state index contributed by atoms with van der Waals surface area (Å²) < 4.78 is 1.72. The van der Waals surface area contributed by atoms with Gasteiger partial charge < -0.3 is 10.3 Å². The van der Waals surface area contributed by atoms with Gasteiger partial charge >= 0.3 is 0 Å². The number of pyridine rings is 1. The van der Waals surface area contributed by atoms with Crippen LogP contribution in [0, 0.1) is 19.8 Å². The van der Waals surface area contributed by atoms with Gasteiger partial charge in [0.1, 0.15) is 11.9 Å². The van der Waals surface area contributed by atoms with E-state index in [2.05, 4.69) is 29.0 Å². The van der Waals surface area contributed by atoms with Crippen molar-refractivity contribution >= 4 is 29.5 Å². The number of rotatable bonds is 8. The van der Waals surface area contributed by atoms with Crippen molar-refractivity contribution in [2.45, 2.75) is 52.0 Å². The largest absolute Gasteiger partial charge is 0.384 e. The standard InChI is InChI=1S/C28H34N6O3/c1-6-20(21-8-7-17(2)18(3)13-21)16-24(35)34-25(27(37)33(5)28-31-11-12-32(28)4)22(26(34)36)14-19-9-10-30-23(29)15-19/h7-13,15,20,22,25H,6,14,16H2,1-5H3,(H2,29,30)/t20-,22+,25-/m0/s1. The first kappa shape index (κ1) is 26.1. The van der Waals surface area contributed by atoms with E-state index in [1.54, 1.807) is 49.4 Å². The second-order valence-electron chi connectivity index (χ2n) is 9.83. The van der Waals surface area contributed by atoms with Gasteiger partial charge in [-0.2, -0.15) is 0 Å². The molecule has 4 rings (SSSR count). The van der Waals surface area contributed by atoms with E-state index in [0.717, 1.165) is 28.0 Å². The number of hydrogen-bond donors (Lipinski definition) is 1. The van der Waals surface area contributed by atoms with Crippen LogP contribution in [-0.4, -0.2) is 50.2 Å². The second-order valence-corrected chi connectivity index (χ2v) is 9.83. The van der Waals surface area contributed by atoms with Crippen LogP contribution in [0.1, 0.15) is 47.9 Å². The van der Waals surface area contributed by atoms with Crippen molar-refractivity contribution < 1.29 is 14.4 Å². The summed E-state index contributed by atoms with van der Waals surface area (Å²) in [5.74, 6) is -0.999. The molecule has 37 heavy (non-hydrogen) atoms. The molecule has 2 aromatic heterocycles. The molecule has 0 spiro atoms. The number of aryl methyl sites for hydroxylation is 3. The van der Waals surface area contributed by atoms with Gasteiger partial charge in [-0.3, -0.25) is 24.2 Å². The van der Waals surface area contributed by atoms with Crippen LogP contribution in [0.3, 0.4) is 0 Å². The molecule has 1 aromatic carbocycles. The molecule has 1 aliphatic rings. The molecular formula is C28H34N6O3. The summed E-state index contributed by atoms with van der Waals surface area (Å²) in [5, 5.41) is 0. The molecule has 1 saturated heterocycles. The van der Waals surface area contributed by atoms with Crippen LogP contribution < -0.4 is 10.6 Å². The Bertz CT molecular complexity index is 1330. The Hall–Kier alpha value is -4.01. The zero-order valence-corrected chi connectivity index (χ0v) is 22.0. The third kappa shape index (κ3) is 5.12. The number of likely N-dealkylation sites (N-methyl/N-ethyl adjacent to an activating group) is 1. The van der Waals surface area contributed by atoms with Crippen LogP contribution in [0.4, 0.5) is 11.8 Å². The highest BCUT2D eigenvalue weighted by atomic mass is 16.2. The van der Waals surface area contributed by atoms with Gasteiger partial charge in [-0.25, -0.2) is 9.97 Å². The smallest absolute Gasteiger partial charge is 0.253 e. The summed E-state index contributed by atoms with van der Waals surface area (Å²) >= 11 is 0. The SMILES string of the molecule is CC[C@@H](CC(=O)N1C(=O)[C@H](Cc2ccnc(N)c2)[C@H]1C(=O)N(C)c1nccn1C)c1ccc(C)c(C)c1. The third-order valence-electron chi connectivity index (χ3n) is 7.38. The second kappa shape index (κ2) is 10.5. The summed E-state index contributed by atoms with van der Waals surface area (Å²) in [4.78, 5) is 51.4. The van der Waals surface area contributed by atoms with Gasteiger partial charge in [-0.1, -0.05) is 25.1 Å². The zero-order valence-electron chi connectivity index (χ0n) is 22.0. The number of anilines is 2. The first-order chi connectivity index (χ1) is 17.6. The van der Waals surface area contributed by atoms with Gasteiger partial charge in [0.25, 0.3) is 5.91 Å². The number of benzene rings is 1. The summed E-state index contributed by atoms with van der Waals surface area (Å²) in [6, 6.07) is 8.73. The average molecular weight is 503 g/mol. The number of likely N-dealkylation sites (tertiary alicyclic amines) is 1. The van der Waals surface area contributed by atoms with Crippen molar-refractivity contribution in [3.05, 3.63) is 71.2 Å². The van der Waals surface area contributed by atoms with Gasteiger partial charge in [0.15, 0.2) is 0 Å². The van der Waals surface area contributed by atoms with Gasteiger partial charge in [-0.05, 0) is 67.0 Å². The molecule has 1 aliphatic heterocycles. The molecule has 0 aliphatic carbocycles. The Morgan fingerprint density at radius 1 is 1.11 bits per heavy atom. The number of imide groups is 1. The van der Waals surface area contributed by atoms with Crippen molar-refractivity contribution in [1.29, 1.82) is 0 Å². The number of nitrogens with zero attached hydrogens (tertiary/aromatic N) is 5. The lowest BCUT2D eigenvalue weighted by Gasteiger charge is -2.46. The molecule has 3 heterocycles. The summed E-state index contributed by atoms with van der Waals surface area (Å²) in [6.45, 7) is 6.12. The lowest BCUT2D eigenvalue weighted by Crippen LogP contribution is -2.69. The molecule has 1 fully saturated rings. The molecule has 0 radical (unpaired) electrons. The first-order valence-electron chi connectivity index (χ1n) is 12.5. The number of imidazole rings is 1. The molecule has 3 amide bonds. The van der Waals surface area contributed by atoms with E-state index in [1.807, 2.05) is 19.9 Å². The normalized spacial score (nSPS) is 17.9. The molecule has 3 atom stereocenters. The number of nitrogen functional groups attached to an aromatic ring is 1. The number of nitrogens with two attached hydrogens (primary N) is 1. The van der Waals surface area contributed by atoms with Crippen molar-refractivity contribution in [3.63, 3.8) is 0 Å². The Labute approximate surface area is 217 Å². The average Bonchev–Trinajstić information content (AvgIpc) is 3.30. The van der Waals surface area contributed by atoms with E-state index in [-0.39, 0.29) is 36.5 Å². The fourth-order valence-corrected chi connectivity index (χ4v) is 4.99. The maximum Gasteiger partial charge on any atom is 0.253 e. The molecule has 2 N–H and O–H groups in total. The molecule has 0 saturated carbocycles. The number of hydrogen-bond acceptors (Lipinski definition) is 6. The minimum Gasteiger partial charge on any atom is -0.384 e. The van der Waals surface area contributed by atoms with Crippen molar-refractivity contribution in [2.75, 3.05) is 17.7 Å². The quantitative estimate of drug-likeness (QED) is 0.473. The molecule has 9 heteroatoms. The third-order valence-corrected chi connectivity index (χ3v) is 7.38. The highest BCUT2D eigenvalue weighted by Gasteiger charge is 2.55. The minimum absolute atomic E-state index is 0.0540. The number of β-lactam (4-membered cyclic amide) rings is 1. The van der Waals surface area contributed by atoms with E-state index >= 15 is 0 Å². The summed E-state index contributed by atoms with van der Waals surface area (Å²) in [7, 11) is 3.40. The fraction of sp³-hybridized carbons (Fsp3) is 0.393. The number of aromatic nitrogens is 3. The lowest BCUT2D eigenvalue weighted by molar-refractivity contribution is -0.170. The first-order valence-corrected chi connectivity index (χ1v) is 12.5. The van der Waals surface area contributed by atoms with Gasteiger partial charge in [-0.15, -0.1) is 0 Å². The van der Waals surface area contributed by atoms with E-state index in [4.69, 9.17) is 5.73 Å². The van der Waals surface area contributed by atoms with Crippen LogP contribution in [0.2, 0.25) is 0 Å². The monoisotopic (exact) mass is 502 g/mol. The Balaban J connectivity index is 1.61. The highest BCUT2D eigenvalue weighted by Crippen LogP contribution is 2.35. The van der Waals surface area contributed by atoms with Gasteiger partial charge in [0.2, 0.25) is 17.8 Å². The summed E-state index contributed by atoms with van der Waals surface area (Å²) in [5.41, 5.74) is 10.0. The molecular weight excluding hydrogens is 468 g/mol. The predicted molar refractivity (Wildman–Crippen MR) is 142 cm³/mol. The Morgan fingerprint density at radius 2 is 1.86 bits per heavy atom. The van der Waals surface area contributed by atoms with E-state index in [9.17, 15) is 14.4 Å². The fourth-order valence-electron chi connectivity index (χ4n) is 4.99. The highest BCUT2D eigenvalue weighted by molar-refractivity contribution is 6.12. The molecule has 0 bridgehead atoms. The van der Waals surface area contributed by atoms with E-state index < -0.39 is 12.0 Å². The Kier molecular flexibility index (Phi) is 7.42. The maximum absolute atomic E-state index is 13.7. The molecule has 3 aromatic rings.